The molecule has 0 aromatic heterocycles. The number of hydrogen-bond donors (Lipinski definition) is 0. The van der Waals surface area contributed by atoms with Crippen LogP contribution in [0.4, 0.5) is 0 Å². The molecule has 0 bridgehead atoms. The van der Waals surface area contributed by atoms with E-state index in [4.69, 9.17) is 14.2 Å². The van der Waals surface area contributed by atoms with Gasteiger partial charge in [0.05, 0.1) is 0 Å². The minimum atomic E-state index is -0.768. The summed E-state index contributed by atoms with van der Waals surface area (Å²) >= 11 is 0. The fourth-order valence-corrected chi connectivity index (χ4v) is 9.92. The van der Waals surface area contributed by atoms with Crippen molar-refractivity contribution in [1.82, 2.24) is 0 Å². The second-order valence-electron chi connectivity index (χ2n) is 22.4. The lowest BCUT2D eigenvalue weighted by molar-refractivity contribution is -0.167. The van der Waals surface area contributed by atoms with Crippen molar-refractivity contribution < 1.29 is 28.6 Å². The van der Waals surface area contributed by atoms with Crippen LogP contribution in [0, 0.1) is 0 Å². The highest BCUT2D eigenvalue weighted by Gasteiger charge is 2.19. The van der Waals surface area contributed by atoms with Crippen LogP contribution in [0.15, 0.2) is 36.5 Å². The Labute approximate surface area is 461 Å². The zero-order chi connectivity index (χ0) is 53.6. The molecule has 0 saturated heterocycles. The van der Waals surface area contributed by atoms with Gasteiger partial charge in [0.2, 0.25) is 0 Å². The van der Waals surface area contributed by atoms with Gasteiger partial charge in [-0.1, -0.05) is 320 Å². The van der Waals surface area contributed by atoms with Gasteiger partial charge in [0.25, 0.3) is 0 Å². The molecule has 0 aromatic carbocycles. The van der Waals surface area contributed by atoms with Crippen LogP contribution in [-0.4, -0.2) is 37.2 Å². The maximum atomic E-state index is 12.9. The number of rotatable bonds is 61. The first kappa shape index (κ1) is 71.6. The Morgan fingerprint density at radius 1 is 0.270 bits per heavy atom. The van der Waals surface area contributed by atoms with Gasteiger partial charge in [-0.2, -0.15) is 0 Å². The summed E-state index contributed by atoms with van der Waals surface area (Å²) in [5.74, 6) is -0.849. The summed E-state index contributed by atoms with van der Waals surface area (Å²) in [6.45, 7) is 6.66. The van der Waals surface area contributed by atoms with Crippen molar-refractivity contribution in [3.8, 4) is 0 Å². The second kappa shape index (κ2) is 63.2. The average Bonchev–Trinajstić information content (AvgIpc) is 3.40. The fraction of sp³-hybridized carbons (Fsp3) is 0.868. The van der Waals surface area contributed by atoms with Crippen LogP contribution in [0.5, 0.6) is 0 Å². The minimum Gasteiger partial charge on any atom is -0.462 e. The molecule has 0 spiro atoms. The van der Waals surface area contributed by atoms with E-state index in [0.29, 0.717) is 19.3 Å². The molecular formula is C68H126O6. The monoisotopic (exact) mass is 1040 g/mol. The molecule has 0 radical (unpaired) electrons. The van der Waals surface area contributed by atoms with Gasteiger partial charge < -0.3 is 14.2 Å². The third-order valence-electron chi connectivity index (χ3n) is 14.9. The van der Waals surface area contributed by atoms with E-state index in [2.05, 4.69) is 57.2 Å². The number of carbonyl (C=O) groups is 3. The zero-order valence-corrected chi connectivity index (χ0v) is 49.9. The number of unbranched alkanes of at least 4 members (excludes halogenated alkanes) is 44. The molecule has 0 aliphatic rings. The molecule has 0 N–H and O–H groups in total. The molecule has 0 fully saturated rings. The Morgan fingerprint density at radius 2 is 0.486 bits per heavy atom. The summed E-state index contributed by atoms with van der Waals surface area (Å²) in [5.41, 5.74) is 0. The molecule has 0 amide bonds. The van der Waals surface area contributed by atoms with Crippen LogP contribution in [0.3, 0.4) is 0 Å². The first-order valence-electron chi connectivity index (χ1n) is 33.0. The van der Waals surface area contributed by atoms with Gasteiger partial charge >= 0.3 is 17.9 Å². The molecule has 6 heteroatoms. The molecule has 0 saturated carbocycles. The Hall–Kier alpha value is -2.37. The van der Waals surface area contributed by atoms with Crippen LogP contribution in [0.25, 0.3) is 0 Å². The van der Waals surface area contributed by atoms with Crippen LogP contribution in [0.1, 0.15) is 361 Å². The first-order chi connectivity index (χ1) is 36.5. The molecule has 0 aromatic rings. The lowest BCUT2D eigenvalue weighted by Gasteiger charge is -2.18. The highest BCUT2D eigenvalue weighted by molar-refractivity contribution is 5.71. The Balaban J connectivity index is 4.11. The van der Waals surface area contributed by atoms with Crippen molar-refractivity contribution in [2.24, 2.45) is 0 Å². The van der Waals surface area contributed by atoms with Gasteiger partial charge in [-0.15, -0.1) is 0 Å². The third kappa shape index (κ3) is 60.5. The molecule has 0 heterocycles. The molecule has 0 aliphatic carbocycles. The summed E-state index contributed by atoms with van der Waals surface area (Å²) in [4.78, 5) is 38.2. The van der Waals surface area contributed by atoms with E-state index >= 15 is 0 Å². The fourth-order valence-electron chi connectivity index (χ4n) is 9.92. The third-order valence-corrected chi connectivity index (χ3v) is 14.9. The van der Waals surface area contributed by atoms with E-state index in [-0.39, 0.29) is 31.1 Å². The highest BCUT2D eigenvalue weighted by atomic mass is 16.6. The summed E-state index contributed by atoms with van der Waals surface area (Å²) in [6.07, 6.45) is 77.5. The number of allylic oxidation sites excluding steroid dienone is 6. The van der Waals surface area contributed by atoms with E-state index in [1.54, 1.807) is 0 Å². The predicted molar refractivity (Wildman–Crippen MR) is 321 cm³/mol. The molecule has 1 atom stereocenters. The molecule has 0 rings (SSSR count). The molecule has 434 valence electrons. The maximum Gasteiger partial charge on any atom is 0.306 e. The summed E-state index contributed by atoms with van der Waals surface area (Å²) in [5, 5.41) is 0. The predicted octanol–water partition coefficient (Wildman–Crippen LogP) is 22.4. The topological polar surface area (TPSA) is 78.9 Å². The average molecular weight is 1040 g/mol. The van der Waals surface area contributed by atoms with Crippen molar-refractivity contribution in [2.75, 3.05) is 13.2 Å². The van der Waals surface area contributed by atoms with Crippen LogP contribution < -0.4 is 0 Å². The molecule has 74 heavy (non-hydrogen) atoms. The second-order valence-corrected chi connectivity index (χ2v) is 22.4. The SMILES string of the molecule is CCCCCCC/C=C\C/C=C\C/C=C\CCCCCCCCCCCCCCC(=O)OCC(COC(=O)CCCCCCCCCC)OC(=O)CCCCCCCCCCCCCCCCCCCCCCC. The largest absolute Gasteiger partial charge is 0.462 e. The van der Waals surface area contributed by atoms with Gasteiger partial charge in [-0.25, -0.2) is 0 Å². The van der Waals surface area contributed by atoms with Crippen molar-refractivity contribution >= 4 is 17.9 Å². The van der Waals surface area contributed by atoms with Gasteiger partial charge in [-0.3, -0.25) is 14.4 Å². The lowest BCUT2D eigenvalue weighted by Crippen LogP contribution is -2.30. The Kier molecular flexibility index (Phi) is 61.1. The van der Waals surface area contributed by atoms with Crippen LogP contribution >= 0.6 is 0 Å². The molecular weight excluding hydrogens is 913 g/mol. The van der Waals surface area contributed by atoms with E-state index in [1.807, 2.05) is 0 Å². The molecule has 1 unspecified atom stereocenters. The van der Waals surface area contributed by atoms with Gasteiger partial charge in [0.15, 0.2) is 6.10 Å². The minimum absolute atomic E-state index is 0.0674. The number of esters is 3. The van der Waals surface area contributed by atoms with Crippen molar-refractivity contribution in [3.05, 3.63) is 36.5 Å². The first-order valence-corrected chi connectivity index (χ1v) is 33.0. The zero-order valence-electron chi connectivity index (χ0n) is 49.9. The van der Waals surface area contributed by atoms with Crippen molar-refractivity contribution in [2.45, 2.75) is 367 Å². The molecule has 6 nitrogen and oxygen atoms in total. The van der Waals surface area contributed by atoms with Crippen LogP contribution in [0.2, 0.25) is 0 Å². The van der Waals surface area contributed by atoms with Crippen molar-refractivity contribution in [1.29, 1.82) is 0 Å². The van der Waals surface area contributed by atoms with E-state index in [9.17, 15) is 14.4 Å². The highest BCUT2D eigenvalue weighted by Crippen LogP contribution is 2.18. The maximum absolute atomic E-state index is 12.9. The summed E-state index contributed by atoms with van der Waals surface area (Å²) in [7, 11) is 0. The quantitative estimate of drug-likeness (QED) is 0.0261. The summed E-state index contributed by atoms with van der Waals surface area (Å²) < 4.78 is 16.9. The number of ether oxygens (including phenoxy) is 3. The summed E-state index contributed by atoms with van der Waals surface area (Å²) in [6, 6.07) is 0. The Bertz CT molecular complexity index is 1240. The molecule has 0 aliphatic heterocycles. The standard InChI is InChI=1S/C68H126O6/c1-4-7-10-13-16-19-21-23-25-27-29-31-32-33-34-35-36-38-39-41-43-45-47-49-52-55-58-61-67(70)73-64-65(63-72-66(69)60-57-54-51-18-15-12-9-6-3)74-68(71)62-59-56-53-50-48-46-44-42-40-37-30-28-26-24-22-20-17-14-11-8-5-2/h21,23,27,29,32-33,65H,4-20,22,24-26,28,30-31,34-64H2,1-3H3/b23-21-,29-27-,33-32-. The van der Waals surface area contributed by atoms with E-state index < -0.39 is 6.10 Å². The Morgan fingerprint density at radius 3 is 0.757 bits per heavy atom. The van der Waals surface area contributed by atoms with Gasteiger partial charge in [0.1, 0.15) is 13.2 Å². The number of carbonyl (C=O) groups excluding carboxylic acids is 3. The lowest BCUT2D eigenvalue weighted by atomic mass is 10.0. The number of hydrogen-bond acceptors (Lipinski definition) is 6. The normalized spacial score (nSPS) is 12.2. The van der Waals surface area contributed by atoms with Crippen molar-refractivity contribution in [3.63, 3.8) is 0 Å². The van der Waals surface area contributed by atoms with E-state index in [0.717, 1.165) is 70.6 Å². The smallest absolute Gasteiger partial charge is 0.306 e. The van der Waals surface area contributed by atoms with Gasteiger partial charge in [0, 0.05) is 19.3 Å². The van der Waals surface area contributed by atoms with E-state index in [1.165, 1.54) is 250 Å². The van der Waals surface area contributed by atoms with Gasteiger partial charge in [-0.05, 0) is 57.8 Å². The van der Waals surface area contributed by atoms with Crippen LogP contribution in [-0.2, 0) is 28.6 Å².